The SMILES string of the molecule is COCCNCC(=O)Nc1cc(CN2CCOCC2)ccc1C.Cl.Cl. The quantitative estimate of drug-likeness (QED) is 0.659. The van der Waals surface area contributed by atoms with Crippen molar-refractivity contribution in [1.29, 1.82) is 0 Å². The van der Waals surface area contributed by atoms with Crippen molar-refractivity contribution in [2.45, 2.75) is 13.5 Å². The average molecular weight is 394 g/mol. The van der Waals surface area contributed by atoms with E-state index in [-0.39, 0.29) is 37.3 Å². The molecule has 1 aliphatic heterocycles. The molecule has 1 aromatic carbocycles. The summed E-state index contributed by atoms with van der Waals surface area (Å²) in [6, 6.07) is 6.25. The molecule has 0 unspecified atom stereocenters. The highest BCUT2D eigenvalue weighted by atomic mass is 35.5. The molecule has 2 rings (SSSR count). The van der Waals surface area contributed by atoms with Gasteiger partial charge in [0.1, 0.15) is 0 Å². The fraction of sp³-hybridized carbons (Fsp3) is 0.588. The highest BCUT2D eigenvalue weighted by Gasteiger charge is 2.12. The van der Waals surface area contributed by atoms with Crippen LogP contribution in [0.25, 0.3) is 0 Å². The average Bonchev–Trinajstić information content (AvgIpc) is 2.56. The Morgan fingerprint density at radius 1 is 1.28 bits per heavy atom. The lowest BCUT2D eigenvalue weighted by Crippen LogP contribution is -2.35. The molecule has 0 aliphatic carbocycles. The van der Waals surface area contributed by atoms with Gasteiger partial charge in [-0.25, -0.2) is 0 Å². The van der Waals surface area contributed by atoms with E-state index in [0.717, 1.165) is 44.1 Å². The highest BCUT2D eigenvalue weighted by Crippen LogP contribution is 2.18. The third-order valence-electron chi connectivity index (χ3n) is 3.85. The lowest BCUT2D eigenvalue weighted by Gasteiger charge is -2.26. The number of halogens is 2. The Bertz CT molecular complexity index is 512. The summed E-state index contributed by atoms with van der Waals surface area (Å²) in [7, 11) is 1.64. The number of nitrogens with zero attached hydrogens (tertiary/aromatic N) is 1. The van der Waals surface area contributed by atoms with Gasteiger partial charge in [0.15, 0.2) is 0 Å². The van der Waals surface area contributed by atoms with Crippen molar-refractivity contribution in [2.24, 2.45) is 0 Å². The normalized spacial score (nSPS) is 14.3. The van der Waals surface area contributed by atoms with E-state index < -0.39 is 0 Å². The number of carbonyl (C=O) groups excluding carboxylic acids is 1. The summed E-state index contributed by atoms with van der Waals surface area (Å²) in [5, 5.41) is 6.03. The van der Waals surface area contributed by atoms with Crippen molar-refractivity contribution in [2.75, 3.05) is 58.4 Å². The molecule has 0 bridgehead atoms. The molecule has 0 atom stereocenters. The molecule has 6 nitrogen and oxygen atoms in total. The molecular formula is C17H29Cl2N3O3. The largest absolute Gasteiger partial charge is 0.383 e. The molecule has 1 aromatic rings. The first-order valence-electron chi connectivity index (χ1n) is 8.08. The van der Waals surface area contributed by atoms with Gasteiger partial charge in [-0.15, -0.1) is 24.8 Å². The number of benzene rings is 1. The van der Waals surface area contributed by atoms with E-state index in [1.807, 2.05) is 6.92 Å². The molecule has 2 N–H and O–H groups in total. The monoisotopic (exact) mass is 393 g/mol. The van der Waals surface area contributed by atoms with Crippen LogP contribution in [0, 0.1) is 6.92 Å². The molecule has 8 heteroatoms. The molecule has 1 amide bonds. The summed E-state index contributed by atoms with van der Waals surface area (Å²) in [5.41, 5.74) is 3.16. The summed E-state index contributed by atoms with van der Waals surface area (Å²) in [6.45, 7) is 7.95. The van der Waals surface area contributed by atoms with Gasteiger partial charge in [0.25, 0.3) is 0 Å². The van der Waals surface area contributed by atoms with Crippen LogP contribution in [0.3, 0.4) is 0 Å². The van der Waals surface area contributed by atoms with Crippen LogP contribution < -0.4 is 10.6 Å². The number of methoxy groups -OCH3 is 1. The first-order valence-corrected chi connectivity index (χ1v) is 8.08. The first kappa shape index (κ1) is 24.1. The van der Waals surface area contributed by atoms with Gasteiger partial charge in [0.05, 0.1) is 26.4 Å². The van der Waals surface area contributed by atoms with E-state index in [0.29, 0.717) is 13.2 Å². The van der Waals surface area contributed by atoms with Crippen molar-refractivity contribution < 1.29 is 14.3 Å². The number of nitrogens with one attached hydrogen (secondary N) is 2. The second kappa shape index (κ2) is 13.3. The number of anilines is 1. The molecule has 1 fully saturated rings. The van der Waals surface area contributed by atoms with Crippen LogP contribution in [0.1, 0.15) is 11.1 Å². The topological polar surface area (TPSA) is 62.8 Å². The third-order valence-corrected chi connectivity index (χ3v) is 3.85. The van der Waals surface area contributed by atoms with Crippen molar-refractivity contribution in [3.05, 3.63) is 29.3 Å². The predicted molar refractivity (Wildman–Crippen MR) is 105 cm³/mol. The van der Waals surface area contributed by atoms with E-state index in [9.17, 15) is 4.79 Å². The highest BCUT2D eigenvalue weighted by molar-refractivity contribution is 5.93. The van der Waals surface area contributed by atoms with E-state index >= 15 is 0 Å². The second-order valence-electron chi connectivity index (χ2n) is 5.76. The smallest absolute Gasteiger partial charge is 0.238 e. The van der Waals surface area contributed by atoms with Crippen molar-refractivity contribution in [3.8, 4) is 0 Å². The van der Waals surface area contributed by atoms with Gasteiger partial charge in [-0.3, -0.25) is 9.69 Å². The molecule has 25 heavy (non-hydrogen) atoms. The van der Waals surface area contributed by atoms with Crippen LogP contribution in [0.5, 0.6) is 0 Å². The van der Waals surface area contributed by atoms with E-state index in [2.05, 4.69) is 33.7 Å². The van der Waals surface area contributed by atoms with Gasteiger partial charge in [0.2, 0.25) is 5.91 Å². The van der Waals surface area contributed by atoms with Gasteiger partial charge < -0.3 is 20.1 Å². The maximum Gasteiger partial charge on any atom is 0.238 e. The van der Waals surface area contributed by atoms with Gasteiger partial charge >= 0.3 is 0 Å². The van der Waals surface area contributed by atoms with Crippen molar-refractivity contribution in [3.63, 3.8) is 0 Å². The minimum absolute atomic E-state index is 0. The second-order valence-corrected chi connectivity index (χ2v) is 5.76. The fourth-order valence-electron chi connectivity index (χ4n) is 2.49. The zero-order valence-corrected chi connectivity index (χ0v) is 16.5. The summed E-state index contributed by atoms with van der Waals surface area (Å²) in [4.78, 5) is 14.4. The minimum Gasteiger partial charge on any atom is -0.383 e. The lowest BCUT2D eigenvalue weighted by atomic mass is 10.1. The number of carbonyl (C=O) groups is 1. The number of aryl methyl sites for hydroxylation is 1. The Labute approximate surface area is 162 Å². The summed E-state index contributed by atoms with van der Waals surface area (Å²) in [6.07, 6.45) is 0. The van der Waals surface area contributed by atoms with Crippen LogP contribution in [0.15, 0.2) is 18.2 Å². The van der Waals surface area contributed by atoms with Crippen molar-refractivity contribution >= 4 is 36.4 Å². The van der Waals surface area contributed by atoms with E-state index in [1.54, 1.807) is 7.11 Å². The zero-order valence-electron chi connectivity index (χ0n) is 14.9. The Morgan fingerprint density at radius 3 is 2.68 bits per heavy atom. The molecule has 144 valence electrons. The molecule has 1 saturated heterocycles. The molecule has 0 radical (unpaired) electrons. The van der Waals surface area contributed by atoms with Crippen LogP contribution in [-0.2, 0) is 20.8 Å². The minimum atomic E-state index is -0.0345. The molecular weight excluding hydrogens is 365 g/mol. The zero-order chi connectivity index (χ0) is 16.5. The van der Waals surface area contributed by atoms with E-state index in [4.69, 9.17) is 9.47 Å². The summed E-state index contributed by atoms with van der Waals surface area (Å²) in [5.74, 6) is -0.0345. The van der Waals surface area contributed by atoms with Crippen molar-refractivity contribution in [1.82, 2.24) is 10.2 Å². The Hall–Kier alpha value is -0.890. The standard InChI is InChI=1S/C17H27N3O3.2ClH/c1-14-3-4-15(13-20-6-9-23-10-7-20)11-16(14)19-17(21)12-18-5-8-22-2;;/h3-4,11,18H,5-10,12-13H2,1-2H3,(H,19,21);2*1H. The van der Waals surface area contributed by atoms with Crippen LogP contribution in [-0.4, -0.2) is 63.9 Å². The number of ether oxygens (including phenoxy) is 2. The number of amides is 1. The number of hydrogen-bond acceptors (Lipinski definition) is 5. The van der Waals surface area contributed by atoms with Gasteiger partial charge in [-0.05, 0) is 24.1 Å². The summed E-state index contributed by atoms with van der Waals surface area (Å²) < 4.78 is 10.3. The Morgan fingerprint density at radius 2 is 2.00 bits per heavy atom. The van der Waals surface area contributed by atoms with Gasteiger partial charge in [-0.2, -0.15) is 0 Å². The third kappa shape index (κ3) is 8.85. The molecule has 1 heterocycles. The molecule has 1 aliphatic rings. The van der Waals surface area contributed by atoms with Crippen LogP contribution in [0.4, 0.5) is 5.69 Å². The van der Waals surface area contributed by atoms with Gasteiger partial charge in [-0.1, -0.05) is 12.1 Å². The fourth-order valence-corrected chi connectivity index (χ4v) is 2.49. The predicted octanol–water partition coefficient (Wildman–Crippen LogP) is 1.85. The first-order chi connectivity index (χ1) is 11.2. The van der Waals surface area contributed by atoms with Gasteiger partial charge in [0, 0.05) is 39.0 Å². The lowest BCUT2D eigenvalue weighted by molar-refractivity contribution is -0.115. The van der Waals surface area contributed by atoms with Crippen LogP contribution in [0.2, 0.25) is 0 Å². The Kier molecular flexibility index (Phi) is 12.9. The number of morpholine rings is 1. The molecule has 0 saturated carbocycles. The van der Waals surface area contributed by atoms with Crippen LogP contribution >= 0.6 is 24.8 Å². The molecule has 0 aromatic heterocycles. The number of rotatable bonds is 8. The number of hydrogen-bond donors (Lipinski definition) is 2. The maximum atomic E-state index is 12.0. The van der Waals surface area contributed by atoms with E-state index in [1.165, 1.54) is 5.56 Å². The summed E-state index contributed by atoms with van der Waals surface area (Å²) >= 11 is 0. The Balaban J connectivity index is 0.00000288. The maximum absolute atomic E-state index is 12.0. The molecule has 0 spiro atoms.